The zero-order valence-corrected chi connectivity index (χ0v) is 15.9. The highest BCUT2D eigenvalue weighted by Crippen LogP contribution is 2.36. The summed E-state index contributed by atoms with van der Waals surface area (Å²) in [5, 5.41) is 3.46. The number of carbonyl (C=O) groups excluding carboxylic acids is 3. The second-order valence-electron chi connectivity index (χ2n) is 6.89. The molecule has 0 aliphatic carbocycles. The molecule has 0 fully saturated rings. The number of hydroxylamine groups is 2. The van der Waals surface area contributed by atoms with Crippen molar-refractivity contribution in [3.8, 4) is 5.75 Å². The summed E-state index contributed by atoms with van der Waals surface area (Å²) in [5.74, 6) is -1.57. The fourth-order valence-electron chi connectivity index (χ4n) is 3.77. The summed E-state index contributed by atoms with van der Waals surface area (Å²) < 4.78 is 5.07. The minimum Gasteiger partial charge on any atom is -0.497 e. The SMILES string of the molecule is COc1ccc(C(=O)ON2C(=O)c3cccc4cc5ccccc5c(c34)C2=O)cc1. The average Bonchev–Trinajstić information content (AvgIpc) is 2.79. The summed E-state index contributed by atoms with van der Waals surface area (Å²) in [5.41, 5.74) is 0.856. The molecule has 6 heteroatoms. The normalized spacial score (nSPS) is 13.0. The van der Waals surface area contributed by atoms with E-state index in [9.17, 15) is 14.4 Å². The third-order valence-electron chi connectivity index (χ3n) is 5.20. The molecule has 1 aliphatic rings. The minimum absolute atomic E-state index is 0.193. The van der Waals surface area contributed by atoms with E-state index in [1.54, 1.807) is 24.3 Å². The summed E-state index contributed by atoms with van der Waals surface area (Å²) >= 11 is 0. The van der Waals surface area contributed by atoms with Crippen LogP contribution in [0.25, 0.3) is 21.5 Å². The van der Waals surface area contributed by atoms with Gasteiger partial charge in [-0.2, -0.15) is 0 Å². The lowest BCUT2D eigenvalue weighted by atomic mass is 9.90. The fourth-order valence-corrected chi connectivity index (χ4v) is 3.77. The van der Waals surface area contributed by atoms with Gasteiger partial charge in [-0.3, -0.25) is 9.59 Å². The van der Waals surface area contributed by atoms with Gasteiger partial charge >= 0.3 is 5.97 Å². The Kier molecular flexibility index (Phi) is 3.99. The van der Waals surface area contributed by atoms with Crippen LogP contribution in [0.15, 0.2) is 72.8 Å². The number of amides is 2. The largest absolute Gasteiger partial charge is 0.497 e. The van der Waals surface area contributed by atoms with Gasteiger partial charge in [-0.15, -0.1) is 0 Å². The maximum atomic E-state index is 13.3. The standard InChI is InChI=1S/C24H15NO5/c1-29-17-11-9-14(10-12-17)24(28)30-25-22(26)19-8-4-6-16-13-15-5-2-3-7-18(15)21(20(16)19)23(25)27/h2-13H,1H3. The first-order valence-electron chi connectivity index (χ1n) is 9.28. The summed E-state index contributed by atoms with van der Waals surface area (Å²) in [6.07, 6.45) is 0. The Labute approximate surface area is 171 Å². The molecule has 0 atom stereocenters. The molecule has 4 aromatic rings. The van der Waals surface area contributed by atoms with Gasteiger partial charge < -0.3 is 9.57 Å². The molecule has 1 heterocycles. The van der Waals surface area contributed by atoms with Gasteiger partial charge in [0.15, 0.2) is 0 Å². The molecule has 30 heavy (non-hydrogen) atoms. The van der Waals surface area contributed by atoms with Crippen LogP contribution in [0, 0.1) is 0 Å². The van der Waals surface area contributed by atoms with Crippen molar-refractivity contribution in [2.45, 2.75) is 0 Å². The van der Waals surface area contributed by atoms with Gasteiger partial charge in [-0.25, -0.2) is 4.79 Å². The first kappa shape index (κ1) is 17.9. The molecule has 0 aromatic heterocycles. The van der Waals surface area contributed by atoms with Gasteiger partial charge in [0.05, 0.1) is 23.8 Å². The van der Waals surface area contributed by atoms with Gasteiger partial charge in [-0.1, -0.05) is 41.5 Å². The van der Waals surface area contributed by atoms with Crippen molar-refractivity contribution >= 4 is 39.3 Å². The van der Waals surface area contributed by atoms with Crippen molar-refractivity contribution in [2.24, 2.45) is 0 Å². The van der Waals surface area contributed by atoms with Crippen molar-refractivity contribution in [3.05, 3.63) is 89.5 Å². The Morgan fingerprint density at radius 3 is 2.33 bits per heavy atom. The van der Waals surface area contributed by atoms with E-state index >= 15 is 0 Å². The average molecular weight is 397 g/mol. The van der Waals surface area contributed by atoms with Crippen LogP contribution in [-0.4, -0.2) is 30.0 Å². The smallest absolute Gasteiger partial charge is 0.363 e. The molecule has 0 saturated heterocycles. The predicted octanol–water partition coefficient (Wildman–Crippen LogP) is 4.37. The number of imide groups is 1. The predicted molar refractivity (Wildman–Crippen MR) is 110 cm³/mol. The number of ether oxygens (including phenoxy) is 1. The van der Waals surface area contributed by atoms with Gasteiger partial charge in [-0.05, 0) is 52.6 Å². The second-order valence-corrected chi connectivity index (χ2v) is 6.89. The summed E-state index contributed by atoms with van der Waals surface area (Å²) in [6, 6.07) is 20.8. The van der Waals surface area contributed by atoms with Crippen LogP contribution in [0.1, 0.15) is 31.1 Å². The molecule has 0 unspecified atom stereocenters. The summed E-state index contributed by atoms with van der Waals surface area (Å²) in [7, 11) is 1.51. The number of nitrogens with zero attached hydrogens (tertiary/aromatic N) is 1. The van der Waals surface area contributed by atoms with Gasteiger partial charge in [0.2, 0.25) is 0 Å². The molecular weight excluding hydrogens is 382 g/mol. The fraction of sp³-hybridized carbons (Fsp3) is 0.0417. The van der Waals surface area contributed by atoms with E-state index < -0.39 is 17.8 Å². The molecule has 0 saturated carbocycles. The highest BCUT2D eigenvalue weighted by atomic mass is 16.7. The van der Waals surface area contributed by atoms with Crippen LogP contribution in [-0.2, 0) is 4.84 Å². The van der Waals surface area contributed by atoms with E-state index in [2.05, 4.69) is 0 Å². The number of methoxy groups -OCH3 is 1. The van der Waals surface area contributed by atoms with Crippen LogP contribution in [0.2, 0.25) is 0 Å². The Balaban J connectivity index is 1.61. The lowest BCUT2D eigenvalue weighted by molar-refractivity contribution is -0.0619. The quantitative estimate of drug-likeness (QED) is 0.379. The maximum absolute atomic E-state index is 13.3. The molecule has 0 N–H and O–H groups in total. The monoisotopic (exact) mass is 397 g/mol. The Bertz CT molecular complexity index is 1360. The van der Waals surface area contributed by atoms with Gasteiger partial charge in [0.1, 0.15) is 5.75 Å². The number of hydrogen-bond donors (Lipinski definition) is 0. The van der Waals surface area contributed by atoms with Crippen molar-refractivity contribution in [1.29, 1.82) is 0 Å². The highest BCUT2D eigenvalue weighted by molar-refractivity contribution is 6.30. The summed E-state index contributed by atoms with van der Waals surface area (Å²) in [4.78, 5) is 44.2. The molecule has 6 nitrogen and oxygen atoms in total. The Hall–Kier alpha value is -4.19. The number of fused-ring (bicyclic) bond motifs is 2. The summed E-state index contributed by atoms with van der Waals surface area (Å²) in [6.45, 7) is 0. The number of rotatable bonds is 3. The zero-order valence-electron chi connectivity index (χ0n) is 15.9. The Morgan fingerprint density at radius 1 is 0.833 bits per heavy atom. The minimum atomic E-state index is -0.810. The van der Waals surface area contributed by atoms with E-state index in [1.807, 2.05) is 36.4 Å². The molecule has 146 valence electrons. The number of benzene rings is 4. The van der Waals surface area contributed by atoms with Crippen molar-refractivity contribution in [1.82, 2.24) is 5.06 Å². The third-order valence-corrected chi connectivity index (χ3v) is 5.20. The molecule has 0 bridgehead atoms. The maximum Gasteiger partial charge on any atom is 0.363 e. The third kappa shape index (κ3) is 2.62. The number of hydrogen-bond acceptors (Lipinski definition) is 5. The molecule has 1 aliphatic heterocycles. The van der Waals surface area contributed by atoms with E-state index in [4.69, 9.17) is 9.57 Å². The first-order valence-corrected chi connectivity index (χ1v) is 9.28. The van der Waals surface area contributed by atoms with Crippen LogP contribution in [0.4, 0.5) is 0 Å². The molecular formula is C24H15NO5. The number of carbonyl (C=O) groups is 3. The van der Waals surface area contributed by atoms with Crippen LogP contribution < -0.4 is 4.74 Å². The van der Waals surface area contributed by atoms with Gasteiger partial charge in [0.25, 0.3) is 11.8 Å². The second kappa shape index (κ2) is 6.70. The topological polar surface area (TPSA) is 72.9 Å². The van der Waals surface area contributed by atoms with E-state index in [1.165, 1.54) is 19.2 Å². The van der Waals surface area contributed by atoms with Gasteiger partial charge in [0, 0.05) is 5.39 Å². The molecule has 5 rings (SSSR count). The lowest BCUT2D eigenvalue weighted by Gasteiger charge is -2.26. The van der Waals surface area contributed by atoms with Crippen LogP contribution >= 0.6 is 0 Å². The van der Waals surface area contributed by atoms with E-state index in [0.717, 1.165) is 10.8 Å². The highest BCUT2D eigenvalue weighted by Gasteiger charge is 2.37. The zero-order chi connectivity index (χ0) is 20.8. The Morgan fingerprint density at radius 2 is 1.57 bits per heavy atom. The van der Waals surface area contributed by atoms with Crippen molar-refractivity contribution in [2.75, 3.05) is 7.11 Å². The van der Waals surface area contributed by atoms with Crippen molar-refractivity contribution in [3.63, 3.8) is 0 Å². The van der Waals surface area contributed by atoms with Crippen LogP contribution in [0.3, 0.4) is 0 Å². The molecule has 2 amide bonds. The molecule has 4 aromatic carbocycles. The van der Waals surface area contributed by atoms with E-state index in [0.29, 0.717) is 32.7 Å². The molecule has 0 spiro atoms. The molecule has 0 radical (unpaired) electrons. The lowest BCUT2D eigenvalue weighted by Crippen LogP contribution is -2.41. The van der Waals surface area contributed by atoms with Crippen molar-refractivity contribution < 1.29 is 24.0 Å². The van der Waals surface area contributed by atoms with Crippen LogP contribution in [0.5, 0.6) is 5.75 Å². The van der Waals surface area contributed by atoms with E-state index in [-0.39, 0.29) is 5.56 Å². The first-order chi connectivity index (χ1) is 14.6.